The summed E-state index contributed by atoms with van der Waals surface area (Å²) in [5, 5.41) is 21.4. The summed E-state index contributed by atoms with van der Waals surface area (Å²) in [5.41, 5.74) is -1.23. The summed E-state index contributed by atoms with van der Waals surface area (Å²) in [5.74, 6) is -8.14. The van der Waals surface area contributed by atoms with Crippen LogP contribution >= 0.6 is 0 Å². The number of aliphatic carboxylic acids is 1. The molecule has 166 valence electrons. The smallest absolute Gasteiger partial charge is 0.416 e. The molecule has 0 aromatic heterocycles. The Bertz CT molecular complexity index is 778. The number of methoxy groups -OCH3 is 2. The standard InChI is InChI=1S/C18H20F3NO8/c1-8(11(16(27)29-2)17(28)30-3)12(15(25)26)22-14(24)13(23)9-4-6-10(7-5-9)18(19,20)21/h4-8,11-13,23H,1-3H3,(H,22,24)(H,25,26)/t8-,12+,13+/m0/s1. The molecule has 0 spiro atoms. The number of esters is 2. The highest BCUT2D eigenvalue weighted by molar-refractivity contribution is 5.96. The molecule has 12 heteroatoms. The van der Waals surface area contributed by atoms with Gasteiger partial charge in [-0.3, -0.25) is 14.4 Å². The van der Waals surface area contributed by atoms with E-state index in [1.165, 1.54) is 6.92 Å². The van der Waals surface area contributed by atoms with E-state index in [0.717, 1.165) is 26.4 Å². The van der Waals surface area contributed by atoms with Crippen LogP contribution in [0.25, 0.3) is 0 Å². The number of carboxylic acid groups (broad SMARTS) is 1. The molecule has 3 atom stereocenters. The highest BCUT2D eigenvalue weighted by atomic mass is 19.4. The van der Waals surface area contributed by atoms with Gasteiger partial charge in [-0.1, -0.05) is 19.1 Å². The van der Waals surface area contributed by atoms with Gasteiger partial charge < -0.3 is 25.0 Å². The van der Waals surface area contributed by atoms with E-state index in [1.54, 1.807) is 0 Å². The number of aliphatic hydroxyl groups is 1. The molecular formula is C18H20F3NO8. The third-order valence-corrected chi connectivity index (χ3v) is 4.33. The summed E-state index contributed by atoms with van der Waals surface area (Å²) >= 11 is 0. The van der Waals surface area contributed by atoms with Gasteiger partial charge in [0.05, 0.1) is 19.8 Å². The molecular weight excluding hydrogens is 415 g/mol. The first-order valence-corrected chi connectivity index (χ1v) is 8.39. The van der Waals surface area contributed by atoms with Crippen molar-refractivity contribution in [1.29, 1.82) is 0 Å². The Balaban J connectivity index is 3.06. The third-order valence-electron chi connectivity index (χ3n) is 4.33. The Kier molecular flexibility index (Phi) is 8.34. The Labute approximate surface area is 168 Å². The predicted octanol–water partition coefficient (Wildman–Crippen LogP) is 0.907. The fourth-order valence-electron chi connectivity index (χ4n) is 2.63. The number of carboxylic acids is 1. The van der Waals surface area contributed by atoms with Crippen molar-refractivity contribution in [1.82, 2.24) is 5.32 Å². The van der Waals surface area contributed by atoms with Gasteiger partial charge in [-0.2, -0.15) is 13.2 Å². The molecule has 0 bridgehead atoms. The minimum Gasteiger partial charge on any atom is -0.480 e. The Morgan fingerprint density at radius 2 is 1.47 bits per heavy atom. The Morgan fingerprint density at radius 3 is 1.83 bits per heavy atom. The van der Waals surface area contributed by atoms with Crippen LogP contribution in [0.2, 0.25) is 0 Å². The van der Waals surface area contributed by atoms with E-state index in [-0.39, 0.29) is 5.56 Å². The number of carbonyl (C=O) groups is 4. The first kappa shape index (κ1) is 24.9. The lowest BCUT2D eigenvalue weighted by Crippen LogP contribution is -2.51. The van der Waals surface area contributed by atoms with Gasteiger partial charge in [-0.15, -0.1) is 0 Å². The van der Waals surface area contributed by atoms with Crippen LogP contribution in [0.1, 0.15) is 24.2 Å². The lowest BCUT2D eigenvalue weighted by atomic mass is 9.87. The van der Waals surface area contributed by atoms with Crippen molar-refractivity contribution in [2.75, 3.05) is 14.2 Å². The van der Waals surface area contributed by atoms with Crippen LogP contribution in [0.3, 0.4) is 0 Å². The van der Waals surface area contributed by atoms with Crippen LogP contribution < -0.4 is 5.32 Å². The molecule has 30 heavy (non-hydrogen) atoms. The number of carbonyl (C=O) groups excluding carboxylic acids is 3. The number of ether oxygens (including phenoxy) is 2. The molecule has 3 N–H and O–H groups in total. The highest BCUT2D eigenvalue weighted by Crippen LogP contribution is 2.30. The number of hydrogen-bond donors (Lipinski definition) is 3. The first-order chi connectivity index (χ1) is 13.8. The lowest BCUT2D eigenvalue weighted by Gasteiger charge is -2.26. The van der Waals surface area contributed by atoms with Crippen LogP contribution in [-0.2, 0) is 34.8 Å². The Morgan fingerprint density at radius 1 is 1.00 bits per heavy atom. The number of hydrogen-bond acceptors (Lipinski definition) is 7. The molecule has 0 fully saturated rings. The van der Waals surface area contributed by atoms with E-state index in [9.17, 15) is 42.6 Å². The van der Waals surface area contributed by atoms with Crippen molar-refractivity contribution in [2.24, 2.45) is 11.8 Å². The van der Waals surface area contributed by atoms with Crippen molar-refractivity contribution >= 4 is 23.8 Å². The average Bonchev–Trinajstić information content (AvgIpc) is 2.69. The zero-order valence-corrected chi connectivity index (χ0v) is 16.1. The maximum absolute atomic E-state index is 12.6. The second kappa shape index (κ2) is 10.1. The number of alkyl halides is 3. The quantitative estimate of drug-likeness (QED) is 0.404. The topological polar surface area (TPSA) is 139 Å². The summed E-state index contributed by atoms with van der Waals surface area (Å²) in [4.78, 5) is 47.6. The minimum absolute atomic E-state index is 0.227. The van der Waals surface area contributed by atoms with Gasteiger partial charge in [-0.25, -0.2) is 4.79 Å². The van der Waals surface area contributed by atoms with E-state index < -0.39 is 59.5 Å². The van der Waals surface area contributed by atoms with E-state index in [4.69, 9.17) is 0 Å². The summed E-state index contributed by atoms with van der Waals surface area (Å²) in [6.07, 6.45) is -6.62. The number of rotatable bonds is 8. The fraction of sp³-hybridized carbons (Fsp3) is 0.444. The van der Waals surface area contributed by atoms with E-state index in [1.807, 2.05) is 5.32 Å². The number of aliphatic hydroxyl groups excluding tert-OH is 1. The number of benzene rings is 1. The monoisotopic (exact) mass is 435 g/mol. The first-order valence-electron chi connectivity index (χ1n) is 8.39. The molecule has 0 saturated carbocycles. The predicted molar refractivity (Wildman–Crippen MR) is 92.7 cm³/mol. The number of amides is 1. The molecule has 0 saturated heterocycles. The van der Waals surface area contributed by atoms with Crippen molar-refractivity contribution in [3.8, 4) is 0 Å². The Hall–Kier alpha value is -3.15. The molecule has 0 aliphatic carbocycles. The molecule has 9 nitrogen and oxygen atoms in total. The number of nitrogens with one attached hydrogen (secondary N) is 1. The second-order valence-corrected chi connectivity index (χ2v) is 6.23. The summed E-state index contributed by atoms with van der Waals surface area (Å²) < 4.78 is 46.8. The minimum atomic E-state index is -4.62. The summed E-state index contributed by atoms with van der Waals surface area (Å²) in [7, 11) is 1.93. The van der Waals surface area contributed by atoms with Crippen LogP contribution in [0.15, 0.2) is 24.3 Å². The largest absolute Gasteiger partial charge is 0.480 e. The SMILES string of the molecule is COC(=O)C(C(=O)OC)[C@H](C)[C@@H](NC(=O)[C@H](O)c1ccc(C(F)(F)F)cc1)C(=O)O. The van der Waals surface area contributed by atoms with Gasteiger partial charge in [0, 0.05) is 5.92 Å². The summed E-state index contributed by atoms with van der Waals surface area (Å²) in [6.45, 7) is 1.17. The summed E-state index contributed by atoms with van der Waals surface area (Å²) in [6, 6.07) is 1.18. The van der Waals surface area contributed by atoms with E-state index in [2.05, 4.69) is 9.47 Å². The molecule has 1 aromatic rings. The zero-order valence-electron chi connectivity index (χ0n) is 16.1. The van der Waals surface area contributed by atoms with Gasteiger partial charge in [0.1, 0.15) is 6.04 Å². The van der Waals surface area contributed by atoms with Gasteiger partial charge in [0.25, 0.3) is 5.91 Å². The van der Waals surface area contributed by atoms with Gasteiger partial charge >= 0.3 is 24.1 Å². The normalized spacial score (nSPS) is 14.4. The maximum atomic E-state index is 12.6. The van der Waals surface area contributed by atoms with Crippen molar-refractivity contribution in [3.05, 3.63) is 35.4 Å². The van der Waals surface area contributed by atoms with Gasteiger partial charge in [-0.05, 0) is 17.7 Å². The average molecular weight is 435 g/mol. The molecule has 1 amide bonds. The van der Waals surface area contributed by atoms with E-state index in [0.29, 0.717) is 12.1 Å². The third kappa shape index (κ3) is 5.92. The van der Waals surface area contributed by atoms with Crippen LogP contribution in [-0.4, -0.2) is 54.3 Å². The van der Waals surface area contributed by atoms with Crippen molar-refractivity contribution in [3.63, 3.8) is 0 Å². The van der Waals surface area contributed by atoms with Gasteiger partial charge in [0.15, 0.2) is 12.0 Å². The molecule has 0 unspecified atom stereocenters. The maximum Gasteiger partial charge on any atom is 0.416 e. The van der Waals surface area contributed by atoms with Crippen LogP contribution in [0, 0.1) is 11.8 Å². The molecule has 0 aliphatic rings. The van der Waals surface area contributed by atoms with Crippen molar-refractivity contribution in [2.45, 2.75) is 25.2 Å². The van der Waals surface area contributed by atoms with Crippen LogP contribution in [0.4, 0.5) is 13.2 Å². The molecule has 1 aromatic carbocycles. The lowest BCUT2D eigenvalue weighted by molar-refractivity contribution is -0.163. The fourth-order valence-corrected chi connectivity index (χ4v) is 2.63. The molecule has 0 heterocycles. The second-order valence-electron chi connectivity index (χ2n) is 6.23. The number of halogens is 3. The zero-order chi connectivity index (χ0) is 23.2. The highest BCUT2D eigenvalue weighted by Gasteiger charge is 2.42. The van der Waals surface area contributed by atoms with Crippen LogP contribution in [0.5, 0.6) is 0 Å². The van der Waals surface area contributed by atoms with Gasteiger partial charge in [0.2, 0.25) is 0 Å². The molecule has 0 radical (unpaired) electrons. The molecule has 1 rings (SSSR count). The molecule has 0 aliphatic heterocycles. The van der Waals surface area contributed by atoms with E-state index >= 15 is 0 Å². The van der Waals surface area contributed by atoms with Crippen molar-refractivity contribution < 1.29 is 52.0 Å².